The van der Waals surface area contributed by atoms with E-state index in [1.54, 1.807) is 31.4 Å². The van der Waals surface area contributed by atoms with E-state index in [0.29, 0.717) is 17.1 Å². The third-order valence-corrected chi connectivity index (χ3v) is 4.81. The van der Waals surface area contributed by atoms with Crippen LogP contribution in [-0.2, 0) is 14.4 Å². The molecule has 2 unspecified atom stereocenters. The highest BCUT2D eigenvalue weighted by molar-refractivity contribution is 9.10. The van der Waals surface area contributed by atoms with Crippen LogP contribution >= 0.6 is 15.9 Å². The van der Waals surface area contributed by atoms with Crippen LogP contribution in [0.2, 0.25) is 0 Å². The van der Waals surface area contributed by atoms with E-state index >= 15 is 0 Å². The Kier molecular flexibility index (Phi) is 3.80. The minimum absolute atomic E-state index is 0.334. The van der Waals surface area contributed by atoms with Crippen molar-refractivity contribution in [1.82, 2.24) is 0 Å². The predicted octanol–water partition coefficient (Wildman–Crippen LogP) is 2.75. The summed E-state index contributed by atoms with van der Waals surface area (Å²) in [5, 5.41) is 3.99. The third-order valence-electron chi connectivity index (χ3n) is 4.28. The molecule has 0 spiro atoms. The molecule has 1 saturated heterocycles. The number of halogens is 1. The van der Waals surface area contributed by atoms with Gasteiger partial charge in [-0.05, 0) is 36.4 Å². The topological polar surface area (TPSA) is 68.2 Å². The van der Waals surface area contributed by atoms with Gasteiger partial charge in [-0.2, -0.15) is 0 Å². The Morgan fingerprint density at radius 3 is 2.36 bits per heavy atom. The largest absolute Gasteiger partial charge is 0.497 e. The Hall–Kier alpha value is -2.67. The monoisotopic (exact) mass is 400 g/mol. The molecule has 6 nitrogen and oxygen atoms in total. The lowest BCUT2D eigenvalue weighted by Gasteiger charge is -2.15. The summed E-state index contributed by atoms with van der Waals surface area (Å²) in [6, 6.07) is 14.1. The normalized spacial score (nSPS) is 21.8. The summed E-state index contributed by atoms with van der Waals surface area (Å²) in [7, 11) is 1.56. The van der Waals surface area contributed by atoms with Crippen LogP contribution in [0.25, 0.3) is 0 Å². The number of carbonyl (C=O) groups is 2. The zero-order valence-electron chi connectivity index (χ0n) is 13.2. The molecule has 0 radical (unpaired) electrons. The second-order valence-corrected chi connectivity index (χ2v) is 6.61. The molecule has 2 aromatic carbocycles. The number of carbonyl (C=O) groups excluding carboxylic acids is 2. The van der Waals surface area contributed by atoms with E-state index in [4.69, 9.17) is 9.57 Å². The van der Waals surface area contributed by atoms with Crippen LogP contribution in [0.4, 0.5) is 5.69 Å². The summed E-state index contributed by atoms with van der Waals surface area (Å²) in [4.78, 5) is 32.0. The van der Waals surface area contributed by atoms with Gasteiger partial charge in [-0.1, -0.05) is 33.2 Å². The first-order valence-corrected chi connectivity index (χ1v) is 8.41. The molecule has 0 N–H and O–H groups in total. The van der Waals surface area contributed by atoms with Crippen LogP contribution in [-0.4, -0.2) is 30.7 Å². The van der Waals surface area contributed by atoms with Gasteiger partial charge in [0.25, 0.3) is 5.91 Å². The third kappa shape index (κ3) is 2.51. The predicted molar refractivity (Wildman–Crippen MR) is 94.5 cm³/mol. The van der Waals surface area contributed by atoms with Gasteiger partial charge in [0.2, 0.25) is 12.0 Å². The minimum atomic E-state index is -0.909. The maximum atomic E-state index is 12.9. The molecule has 0 saturated carbocycles. The number of oxime groups is 1. The average Bonchev–Trinajstić information content (AvgIpc) is 3.17. The number of imide groups is 1. The summed E-state index contributed by atoms with van der Waals surface area (Å²) in [5.74, 6) is -0.817. The van der Waals surface area contributed by atoms with Crippen molar-refractivity contribution in [3.8, 4) is 5.75 Å². The first-order chi connectivity index (χ1) is 12.1. The van der Waals surface area contributed by atoms with Crippen LogP contribution in [0, 0.1) is 5.92 Å². The molecule has 0 bridgehead atoms. The summed E-state index contributed by atoms with van der Waals surface area (Å²) < 4.78 is 6.03. The lowest BCUT2D eigenvalue weighted by molar-refractivity contribution is -0.126. The highest BCUT2D eigenvalue weighted by Gasteiger charge is 2.56. The van der Waals surface area contributed by atoms with Crippen LogP contribution in [0.15, 0.2) is 58.2 Å². The molecule has 2 aliphatic heterocycles. The maximum absolute atomic E-state index is 12.9. The lowest BCUT2D eigenvalue weighted by Crippen LogP contribution is -2.33. The van der Waals surface area contributed by atoms with Crippen LogP contribution < -0.4 is 9.64 Å². The molecule has 7 heteroatoms. The number of nitrogens with zero attached hydrogens (tertiary/aromatic N) is 2. The van der Waals surface area contributed by atoms with Crippen LogP contribution in [0.1, 0.15) is 5.56 Å². The molecule has 1 fully saturated rings. The van der Waals surface area contributed by atoms with Crippen LogP contribution in [0.5, 0.6) is 5.75 Å². The van der Waals surface area contributed by atoms with Crippen molar-refractivity contribution in [2.75, 3.05) is 12.0 Å². The summed E-state index contributed by atoms with van der Waals surface area (Å²) >= 11 is 3.37. The number of fused-ring (bicyclic) bond motifs is 1. The molecule has 126 valence electrons. The Bertz CT molecular complexity index is 877. The van der Waals surface area contributed by atoms with Gasteiger partial charge >= 0.3 is 0 Å². The molecule has 2 aromatic rings. The number of rotatable bonds is 3. The van der Waals surface area contributed by atoms with E-state index < -0.39 is 17.9 Å². The van der Waals surface area contributed by atoms with E-state index in [1.165, 1.54) is 0 Å². The van der Waals surface area contributed by atoms with E-state index in [0.717, 1.165) is 14.9 Å². The van der Waals surface area contributed by atoms with Crippen molar-refractivity contribution < 1.29 is 19.2 Å². The molecule has 0 aromatic heterocycles. The van der Waals surface area contributed by atoms with Gasteiger partial charge < -0.3 is 9.57 Å². The minimum Gasteiger partial charge on any atom is -0.497 e. The van der Waals surface area contributed by atoms with Gasteiger partial charge in [0.15, 0.2) is 0 Å². The van der Waals surface area contributed by atoms with Crippen LogP contribution in [0.3, 0.4) is 0 Å². The fourth-order valence-corrected chi connectivity index (χ4v) is 3.29. The van der Waals surface area contributed by atoms with Crippen molar-refractivity contribution in [2.45, 2.75) is 6.10 Å². The molecule has 2 atom stereocenters. The molecule has 25 heavy (non-hydrogen) atoms. The Balaban J connectivity index is 1.67. The van der Waals surface area contributed by atoms with E-state index in [9.17, 15) is 9.59 Å². The van der Waals surface area contributed by atoms with E-state index in [2.05, 4.69) is 21.1 Å². The second-order valence-electron chi connectivity index (χ2n) is 5.70. The van der Waals surface area contributed by atoms with Crippen molar-refractivity contribution in [1.29, 1.82) is 0 Å². The number of hydrogen-bond donors (Lipinski definition) is 0. The lowest BCUT2D eigenvalue weighted by atomic mass is 9.94. The Morgan fingerprint density at radius 1 is 1.04 bits per heavy atom. The smallest absolute Gasteiger partial charge is 0.278 e. The van der Waals surface area contributed by atoms with Gasteiger partial charge in [-0.25, -0.2) is 4.90 Å². The van der Waals surface area contributed by atoms with Gasteiger partial charge in [-0.15, -0.1) is 0 Å². The van der Waals surface area contributed by atoms with Crippen molar-refractivity contribution in [2.24, 2.45) is 11.1 Å². The molecule has 2 heterocycles. The fraction of sp³-hybridized carbons (Fsp3) is 0.167. The fourth-order valence-electron chi connectivity index (χ4n) is 3.02. The molecule has 0 aliphatic carbocycles. The molecular weight excluding hydrogens is 388 g/mol. The number of ether oxygens (including phenoxy) is 1. The Labute approximate surface area is 152 Å². The number of anilines is 1. The SMILES string of the molecule is COc1ccc(N2C(=O)C3ON=C(c4ccc(Br)cc4)C3C2=O)cc1. The van der Waals surface area contributed by atoms with Gasteiger partial charge in [0.1, 0.15) is 17.4 Å². The number of methoxy groups -OCH3 is 1. The van der Waals surface area contributed by atoms with E-state index in [-0.39, 0.29) is 5.91 Å². The first kappa shape index (κ1) is 15.8. The van der Waals surface area contributed by atoms with Crippen molar-refractivity contribution in [3.05, 3.63) is 58.6 Å². The highest BCUT2D eigenvalue weighted by Crippen LogP contribution is 2.35. The number of amides is 2. The standard InChI is InChI=1S/C18H13BrN2O4/c1-24-13-8-6-12(7-9-13)21-17(22)14-15(20-25-16(14)18(21)23)10-2-4-11(19)5-3-10/h2-9,14,16H,1H3. The van der Waals surface area contributed by atoms with Crippen molar-refractivity contribution >= 4 is 39.1 Å². The summed E-state index contributed by atoms with van der Waals surface area (Å²) in [5.41, 5.74) is 1.73. The average molecular weight is 401 g/mol. The van der Waals surface area contributed by atoms with Gasteiger partial charge in [0, 0.05) is 10.0 Å². The molecule has 4 rings (SSSR count). The quantitative estimate of drug-likeness (QED) is 0.742. The van der Waals surface area contributed by atoms with Gasteiger partial charge in [-0.3, -0.25) is 9.59 Å². The second kappa shape index (κ2) is 6.00. The maximum Gasteiger partial charge on any atom is 0.278 e. The summed E-state index contributed by atoms with van der Waals surface area (Å²) in [6.45, 7) is 0. The Morgan fingerprint density at radius 2 is 1.72 bits per heavy atom. The zero-order valence-corrected chi connectivity index (χ0v) is 14.8. The summed E-state index contributed by atoms with van der Waals surface area (Å²) in [6.07, 6.45) is -0.909. The number of hydrogen-bond acceptors (Lipinski definition) is 5. The molecule has 2 amide bonds. The zero-order chi connectivity index (χ0) is 17.6. The molecule has 2 aliphatic rings. The van der Waals surface area contributed by atoms with Crippen molar-refractivity contribution in [3.63, 3.8) is 0 Å². The van der Waals surface area contributed by atoms with Gasteiger partial charge in [0.05, 0.1) is 12.8 Å². The molecular formula is C18H13BrN2O4. The highest BCUT2D eigenvalue weighted by atomic mass is 79.9. The number of benzene rings is 2. The van der Waals surface area contributed by atoms with E-state index in [1.807, 2.05) is 24.3 Å². The first-order valence-electron chi connectivity index (χ1n) is 7.61.